The Bertz CT molecular complexity index is 738. The average Bonchev–Trinajstić information content (AvgIpc) is 2.86. The van der Waals surface area contributed by atoms with Gasteiger partial charge < -0.3 is 5.73 Å². The van der Waals surface area contributed by atoms with Gasteiger partial charge in [-0.05, 0) is 34.5 Å². The second kappa shape index (κ2) is 5.04. The normalized spacial score (nSPS) is 12.8. The molecule has 0 radical (unpaired) electrons. The Kier molecular flexibility index (Phi) is 3.39. The first-order valence-electron chi connectivity index (χ1n) is 5.83. The van der Waals surface area contributed by atoms with Crippen molar-refractivity contribution in [2.45, 2.75) is 6.04 Å². The van der Waals surface area contributed by atoms with Crippen LogP contribution < -0.4 is 5.73 Å². The summed E-state index contributed by atoms with van der Waals surface area (Å²) in [5.74, 6) is -0.282. The lowest BCUT2D eigenvalue weighted by Crippen LogP contribution is -2.13. The molecule has 2 aromatic carbocycles. The number of halogens is 2. The highest BCUT2D eigenvalue weighted by atomic mass is 79.9. The van der Waals surface area contributed by atoms with Crippen LogP contribution in [-0.2, 0) is 0 Å². The summed E-state index contributed by atoms with van der Waals surface area (Å²) in [7, 11) is 0. The SMILES string of the molecule is NC(c1ccc(Br)cc1F)c1cccc2ccsc12. The lowest BCUT2D eigenvalue weighted by Gasteiger charge is -2.14. The van der Waals surface area contributed by atoms with Crippen molar-refractivity contribution in [2.75, 3.05) is 0 Å². The molecule has 0 saturated carbocycles. The van der Waals surface area contributed by atoms with Crippen LogP contribution in [0.3, 0.4) is 0 Å². The highest BCUT2D eigenvalue weighted by molar-refractivity contribution is 9.10. The molecule has 1 unspecified atom stereocenters. The molecule has 19 heavy (non-hydrogen) atoms. The summed E-state index contributed by atoms with van der Waals surface area (Å²) in [5, 5.41) is 3.18. The first kappa shape index (κ1) is 12.8. The Morgan fingerprint density at radius 2 is 1.95 bits per heavy atom. The van der Waals surface area contributed by atoms with Crippen molar-refractivity contribution < 1.29 is 4.39 Å². The molecule has 1 nitrogen and oxygen atoms in total. The van der Waals surface area contributed by atoms with E-state index in [1.54, 1.807) is 17.4 Å². The molecular formula is C15H11BrFNS. The van der Waals surface area contributed by atoms with Crippen molar-refractivity contribution in [3.63, 3.8) is 0 Å². The quantitative estimate of drug-likeness (QED) is 0.711. The lowest BCUT2D eigenvalue weighted by atomic mass is 9.98. The van der Waals surface area contributed by atoms with Crippen molar-refractivity contribution in [3.05, 3.63) is 69.3 Å². The number of rotatable bonds is 2. The molecule has 0 amide bonds. The minimum atomic E-state index is -0.449. The maximum absolute atomic E-state index is 14.0. The van der Waals surface area contributed by atoms with Crippen LogP contribution in [0.25, 0.3) is 10.1 Å². The number of hydrogen-bond acceptors (Lipinski definition) is 2. The van der Waals surface area contributed by atoms with Gasteiger partial charge in [0.15, 0.2) is 0 Å². The molecule has 1 aromatic heterocycles. The van der Waals surface area contributed by atoms with Crippen molar-refractivity contribution in [1.29, 1.82) is 0 Å². The fourth-order valence-corrected chi connectivity index (χ4v) is 3.47. The molecule has 0 fully saturated rings. The number of hydrogen-bond donors (Lipinski definition) is 1. The highest BCUT2D eigenvalue weighted by Crippen LogP contribution is 2.32. The van der Waals surface area contributed by atoms with E-state index in [-0.39, 0.29) is 5.82 Å². The van der Waals surface area contributed by atoms with E-state index in [2.05, 4.69) is 15.9 Å². The molecule has 0 aliphatic rings. The largest absolute Gasteiger partial charge is 0.320 e. The lowest BCUT2D eigenvalue weighted by molar-refractivity contribution is 0.599. The van der Waals surface area contributed by atoms with Crippen LogP contribution in [0.2, 0.25) is 0 Å². The van der Waals surface area contributed by atoms with Gasteiger partial charge in [0.1, 0.15) is 5.82 Å². The second-order valence-electron chi connectivity index (χ2n) is 4.33. The van der Waals surface area contributed by atoms with E-state index < -0.39 is 6.04 Å². The van der Waals surface area contributed by atoms with Crippen LogP contribution in [0.15, 0.2) is 52.3 Å². The topological polar surface area (TPSA) is 26.0 Å². The van der Waals surface area contributed by atoms with Crippen LogP contribution in [-0.4, -0.2) is 0 Å². The predicted octanol–water partition coefficient (Wildman–Crippen LogP) is 4.85. The van der Waals surface area contributed by atoms with Crippen LogP contribution in [0.1, 0.15) is 17.2 Å². The zero-order valence-corrected chi connectivity index (χ0v) is 12.3. The van der Waals surface area contributed by atoms with Gasteiger partial charge in [0.2, 0.25) is 0 Å². The number of nitrogens with two attached hydrogens (primary N) is 1. The fraction of sp³-hybridized carbons (Fsp3) is 0.0667. The summed E-state index contributed by atoms with van der Waals surface area (Å²) in [5.41, 5.74) is 7.73. The minimum Gasteiger partial charge on any atom is -0.320 e. The average molecular weight is 336 g/mol. The van der Waals surface area contributed by atoms with Gasteiger partial charge in [-0.25, -0.2) is 4.39 Å². The molecule has 2 N–H and O–H groups in total. The predicted molar refractivity (Wildman–Crippen MR) is 82.0 cm³/mol. The van der Waals surface area contributed by atoms with E-state index in [1.165, 1.54) is 6.07 Å². The molecule has 1 atom stereocenters. The fourth-order valence-electron chi connectivity index (χ4n) is 2.18. The van der Waals surface area contributed by atoms with Crippen LogP contribution in [0, 0.1) is 5.82 Å². The Labute approximate surface area is 123 Å². The van der Waals surface area contributed by atoms with E-state index in [0.29, 0.717) is 5.56 Å². The van der Waals surface area contributed by atoms with Crippen molar-refractivity contribution in [1.82, 2.24) is 0 Å². The molecule has 0 bridgehead atoms. The van der Waals surface area contributed by atoms with Gasteiger partial charge in [-0.2, -0.15) is 0 Å². The van der Waals surface area contributed by atoms with Crippen LogP contribution >= 0.6 is 27.3 Å². The Morgan fingerprint density at radius 3 is 2.74 bits per heavy atom. The molecule has 0 aliphatic heterocycles. The van der Waals surface area contributed by atoms with Crippen molar-refractivity contribution in [3.8, 4) is 0 Å². The van der Waals surface area contributed by atoms with Gasteiger partial charge in [-0.1, -0.05) is 40.2 Å². The van der Waals surface area contributed by atoms with E-state index in [4.69, 9.17) is 5.73 Å². The monoisotopic (exact) mass is 335 g/mol. The van der Waals surface area contributed by atoms with Crippen LogP contribution in [0.5, 0.6) is 0 Å². The molecular weight excluding hydrogens is 325 g/mol. The van der Waals surface area contributed by atoms with Gasteiger partial charge in [-0.3, -0.25) is 0 Å². The molecule has 0 saturated heterocycles. The first-order valence-corrected chi connectivity index (χ1v) is 7.51. The zero-order chi connectivity index (χ0) is 13.4. The van der Waals surface area contributed by atoms with Gasteiger partial charge >= 0.3 is 0 Å². The summed E-state index contributed by atoms with van der Waals surface area (Å²) in [4.78, 5) is 0. The van der Waals surface area contributed by atoms with E-state index in [1.807, 2.05) is 35.7 Å². The first-order chi connectivity index (χ1) is 9.16. The number of fused-ring (bicyclic) bond motifs is 1. The molecule has 0 aliphatic carbocycles. The summed E-state index contributed by atoms with van der Waals surface area (Å²) in [6, 6.07) is 12.6. The summed E-state index contributed by atoms with van der Waals surface area (Å²) >= 11 is 4.89. The Balaban J connectivity index is 2.13. The van der Waals surface area contributed by atoms with Crippen molar-refractivity contribution >= 4 is 37.4 Å². The summed E-state index contributed by atoms with van der Waals surface area (Å²) < 4.78 is 15.8. The molecule has 4 heteroatoms. The smallest absolute Gasteiger partial charge is 0.129 e. The highest BCUT2D eigenvalue weighted by Gasteiger charge is 2.16. The van der Waals surface area contributed by atoms with E-state index in [0.717, 1.165) is 20.1 Å². The zero-order valence-electron chi connectivity index (χ0n) is 9.94. The van der Waals surface area contributed by atoms with Gasteiger partial charge in [0.25, 0.3) is 0 Å². The van der Waals surface area contributed by atoms with Crippen molar-refractivity contribution in [2.24, 2.45) is 5.73 Å². The molecule has 3 rings (SSSR count). The molecule has 96 valence electrons. The number of thiophene rings is 1. The third kappa shape index (κ3) is 2.31. The maximum Gasteiger partial charge on any atom is 0.129 e. The number of benzene rings is 2. The van der Waals surface area contributed by atoms with E-state index >= 15 is 0 Å². The summed E-state index contributed by atoms with van der Waals surface area (Å²) in [6.07, 6.45) is 0. The van der Waals surface area contributed by atoms with Gasteiger partial charge in [0, 0.05) is 14.7 Å². The Morgan fingerprint density at radius 1 is 1.11 bits per heavy atom. The van der Waals surface area contributed by atoms with Crippen LogP contribution in [0.4, 0.5) is 4.39 Å². The van der Waals surface area contributed by atoms with E-state index in [9.17, 15) is 4.39 Å². The third-order valence-electron chi connectivity index (χ3n) is 3.14. The standard InChI is InChI=1S/C15H11BrFNS/c16-10-4-5-11(13(17)8-10)14(18)12-3-1-2-9-6-7-19-15(9)12/h1-8,14H,18H2. The Hall–Kier alpha value is -1.23. The summed E-state index contributed by atoms with van der Waals surface area (Å²) in [6.45, 7) is 0. The molecule has 0 spiro atoms. The van der Waals surface area contributed by atoms with Gasteiger partial charge in [0.05, 0.1) is 6.04 Å². The van der Waals surface area contributed by atoms with Gasteiger partial charge in [-0.15, -0.1) is 11.3 Å². The third-order valence-corrected chi connectivity index (χ3v) is 4.61. The maximum atomic E-state index is 14.0. The molecule has 3 aromatic rings. The minimum absolute atomic E-state index is 0.282. The second-order valence-corrected chi connectivity index (χ2v) is 6.16. The molecule has 1 heterocycles.